The Kier molecular flexibility index (Phi) is 4.45. The van der Waals surface area contributed by atoms with Crippen LogP contribution in [-0.2, 0) is 0 Å². The maximum atomic E-state index is 11.6. The first-order chi connectivity index (χ1) is 9.43. The lowest BCUT2D eigenvalue weighted by atomic mass is 9.83. The lowest BCUT2D eigenvalue weighted by Gasteiger charge is -2.26. The Morgan fingerprint density at radius 1 is 1.25 bits per heavy atom. The molecule has 1 aliphatic heterocycles. The number of nitrogens with one attached hydrogen (secondary N) is 1. The first-order valence-corrected chi connectivity index (χ1v) is 7.23. The minimum Gasteiger partial charge on any atom is -0.478 e. The van der Waals surface area contributed by atoms with Crippen LogP contribution in [0.1, 0.15) is 50.6 Å². The Hall–Kier alpha value is -1.40. The largest absolute Gasteiger partial charge is 0.478 e. The summed E-state index contributed by atoms with van der Waals surface area (Å²) in [6, 6.07) is 1.55. The summed E-state index contributed by atoms with van der Waals surface area (Å²) in [6.07, 6.45) is 1.49. The molecule has 1 heterocycles. The standard InChI is InChI=1S/C14H16BrNO4/c1-7-6-9(13(17)18)10(8-2-4-16-5-3-8)11(12(7)15)14(19)20/h6,8,16H,2-5H2,1H3,(H,17,18)(H,19,20). The smallest absolute Gasteiger partial charge is 0.337 e. The van der Waals surface area contributed by atoms with Gasteiger partial charge in [-0.1, -0.05) is 0 Å². The first-order valence-electron chi connectivity index (χ1n) is 6.43. The van der Waals surface area contributed by atoms with Gasteiger partial charge in [0.1, 0.15) is 0 Å². The highest BCUT2D eigenvalue weighted by atomic mass is 79.9. The number of halogens is 1. The molecule has 1 saturated heterocycles. The average molecular weight is 342 g/mol. The second-order valence-electron chi connectivity index (χ2n) is 4.98. The normalized spacial score (nSPS) is 16.1. The highest BCUT2D eigenvalue weighted by Gasteiger charge is 2.29. The van der Waals surface area contributed by atoms with Crippen LogP contribution in [0.25, 0.3) is 0 Å². The van der Waals surface area contributed by atoms with Crippen molar-refractivity contribution in [2.75, 3.05) is 13.1 Å². The van der Waals surface area contributed by atoms with Crippen LogP contribution >= 0.6 is 15.9 Å². The molecular weight excluding hydrogens is 326 g/mol. The molecular formula is C14H16BrNO4. The predicted octanol–water partition coefficient (Wildman–Crippen LogP) is 2.62. The van der Waals surface area contributed by atoms with E-state index in [2.05, 4.69) is 21.2 Å². The van der Waals surface area contributed by atoms with Crippen molar-refractivity contribution >= 4 is 27.9 Å². The minimum atomic E-state index is -1.09. The maximum absolute atomic E-state index is 11.6. The van der Waals surface area contributed by atoms with Gasteiger partial charge in [-0.15, -0.1) is 0 Å². The topological polar surface area (TPSA) is 86.6 Å². The summed E-state index contributed by atoms with van der Waals surface area (Å²) in [5.74, 6) is -2.20. The van der Waals surface area contributed by atoms with Gasteiger partial charge in [0.25, 0.3) is 0 Å². The van der Waals surface area contributed by atoms with Gasteiger partial charge in [-0.3, -0.25) is 0 Å². The van der Waals surface area contributed by atoms with E-state index in [4.69, 9.17) is 0 Å². The fraction of sp³-hybridized carbons (Fsp3) is 0.429. The van der Waals surface area contributed by atoms with Crippen molar-refractivity contribution in [2.45, 2.75) is 25.7 Å². The number of hydrogen-bond acceptors (Lipinski definition) is 3. The van der Waals surface area contributed by atoms with Crippen molar-refractivity contribution in [3.8, 4) is 0 Å². The van der Waals surface area contributed by atoms with Gasteiger partial charge in [-0.05, 0) is 71.9 Å². The third-order valence-corrected chi connectivity index (χ3v) is 4.70. The molecule has 108 valence electrons. The summed E-state index contributed by atoms with van der Waals surface area (Å²) >= 11 is 3.29. The Bertz CT molecular complexity index is 565. The zero-order valence-electron chi connectivity index (χ0n) is 11.1. The summed E-state index contributed by atoms with van der Waals surface area (Å²) in [5.41, 5.74) is 1.27. The van der Waals surface area contributed by atoms with Gasteiger partial charge in [-0.25, -0.2) is 9.59 Å². The van der Waals surface area contributed by atoms with Crippen LogP contribution < -0.4 is 5.32 Å². The summed E-state index contributed by atoms with van der Waals surface area (Å²) in [7, 11) is 0. The minimum absolute atomic E-state index is 0.0367. The van der Waals surface area contributed by atoms with Crippen LogP contribution in [0.3, 0.4) is 0 Å². The number of aromatic carboxylic acids is 2. The van der Waals surface area contributed by atoms with E-state index in [1.165, 1.54) is 0 Å². The fourth-order valence-corrected chi connectivity index (χ4v) is 3.23. The van der Waals surface area contributed by atoms with E-state index < -0.39 is 11.9 Å². The molecule has 0 radical (unpaired) electrons. The van der Waals surface area contributed by atoms with Crippen molar-refractivity contribution in [1.29, 1.82) is 0 Å². The van der Waals surface area contributed by atoms with E-state index in [0.29, 0.717) is 15.6 Å². The molecule has 0 spiro atoms. The molecule has 0 atom stereocenters. The number of piperidine rings is 1. The molecule has 0 bridgehead atoms. The van der Waals surface area contributed by atoms with Crippen molar-refractivity contribution in [3.05, 3.63) is 32.8 Å². The van der Waals surface area contributed by atoms with Crippen LogP contribution in [0, 0.1) is 6.92 Å². The number of hydrogen-bond donors (Lipinski definition) is 3. The number of aryl methyl sites for hydroxylation is 1. The maximum Gasteiger partial charge on any atom is 0.337 e. The quantitative estimate of drug-likeness (QED) is 0.786. The number of carboxylic acid groups (broad SMARTS) is 2. The average Bonchev–Trinajstić information content (AvgIpc) is 2.41. The van der Waals surface area contributed by atoms with E-state index in [1.54, 1.807) is 13.0 Å². The lowest BCUT2D eigenvalue weighted by Crippen LogP contribution is -2.28. The van der Waals surface area contributed by atoms with Gasteiger partial charge < -0.3 is 15.5 Å². The molecule has 0 saturated carbocycles. The van der Waals surface area contributed by atoms with Crippen LogP contribution in [0.15, 0.2) is 10.5 Å². The monoisotopic (exact) mass is 341 g/mol. The Balaban J connectivity index is 2.69. The second kappa shape index (κ2) is 5.93. The SMILES string of the molecule is Cc1cc(C(=O)O)c(C2CCNCC2)c(C(=O)O)c1Br. The first kappa shape index (κ1) is 15.0. The van der Waals surface area contributed by atoms with Crippen LogP contribution in [-0.4, -0.2) is 35.2 Å². The zero-order chi connectivity index (χ0) is 14.9. The van der Waals surface area contributed by atoms with Crippen LogP contribution in [0.4, 0.5) is 0 Å². The molecule has 2 rings (SSSR count). The van der Waals surface area contributed by atoms with E-state index in [1.807, 2.05) is 0 Å². The van der Waals surface area contributed by atoms with Gasteiger partial charge in [0.05, 0.1) is 11.1 Å². The molecule has 0 aliphatic carbocycles. The van der Waals surface area contributed by atoms with Gasteiger partial charge in [0, 0.05) is 4.47 Å². The van der Waals surface area contributed by atoms with E-state index >= 15 is 0 Å². The van der Waals surface area contributed by atoms with Crippen molar-refractivity contribution in [2.24, 2.45) is 0 Å². The molecule has 1 aliphatic rings. The van der Waals surface area contributed by atoms with Crippen molar-refractivity contribution in [3.63, 3.8) is 0 Å². The molecule has 20 heavy (non-hydrogen) atoms. The third kappa shape index (κ3) is 2.71. The van der Waals surface area contributed by atoms with E-state index in [9.17, 15) is 19.8 Å². The molecule has 1 fully saturated rings. The summed E-state index contributed by atoms with van der Waals surface area (Å²) in [4.78, 5) is 23.1. The Morgan fingerprint density at radius 2 is 1.85 bits per heavy atom. The fourth-order valence-electron chi connectivity index (χ4n) is 2.73. The molecule has 1 aromatic carbocycles. The van der Waals surface area contributed by atoms with Gasteiger partial charge in [-0.2, -0.15) is 0 Å². The zero-order valence-corrected chi connectivity index (χ0v) is 12.7. The summed E-state index contributed by atoms with van der Waals surface area (Å²) < 4.78 is 0.475. The van der Waals surface area contributed by atoms with Crippen LogP contribution in [0.2, 0.25) is 0 Å². The molecule has 0 amide bonds. The number of carboxylic acids is 2. The van der Waals surface area contributed by atoms with Gasteiger partial charge >= 0.3 is 11.9 Å². The number of carbonyl (C=O) groups is 2. The van der Waals surface area contributed by atoms with E-state index in [-0.39, 0.29) is 17.0 Å². The molecule has 6 heteroatoms. The molecule has 3 N–H and O–H groups in total. The molecule has 1 aromatic rings. The third-order valence-electron chi connectivity index (χ3n) is 3.68. The van der Waals surface area contributed by atoms with Gasteiger partial charge in [0.15, 0.2) is 0 Å². The molecule has 5 nitrogen and oxygen atoms in total. The van der Waals surface area contributed by atoms with Crippen molar-refractivity contribution < 1.29 is 19.8 Å². The Labute approximate surface area is 125 Å². The number of benzene rings is 1. The molecule has 0 aromatic heterocycles. The summed E-state index contributed by atoms with van der Waals surface area (Å²) in [5, 5.41) is 22.1. The lowest BCUT2D eigenvalue weighted by molar-refractivity contribution is 0.0692. The summed E-state index contributed by atoms with van der Waals surface area (Å²) in [6.45, 7) is 3.25. The Morgan fingerprint density at radius 3 is 2.35 bits per heavy atom. The second-order valence-corrected chi connectivity index (χ2v) is 5.77. The van der Waals surface area contributed by atoms with Crippen molar-refractivity contribution in [1.82, 2.24) is 5.32 Å². The highest BCUT2D eigenvalue weighted by molar-refractivity contribution is 9.10. The molecule has 0 unspecified atom stereocenters. The number of rotatable bonds is 3. The van der Waals surface area contributed by atoms with Gasteiger partial charge in [0.2, 0.25) is 0 Å². The van der Waals surface area contributed by atoms with Crippen LogP contribution in [0.5, 0.6) is 0 Å². The highest BCUT2D eigenvalue weighted by Crippen LogP contribution is 2.36. The van der Waals surface area contributed by atoms with E-state index in [0.717, 1.165) is 25.9 Å². The predicted molar refractivity (Wildman–Crippen MR) is 77.6 cm³/mol.